The maximum Gasteiger partial charge on any atom is 0.317 e. The second-order valence-electron chi connectivity index (χ2n) is 4.70. The maximum absolute atomic E-state index is 12.0. The van der Waals surface area contributed by atoms with Crippen molar-refractivity contribution in [3.05, 3.63) is 35.4 Å². The van der Waals surface area contributed by atoms with Crippen LogP contribution in [0.15, 0.2) is 24.3 Å². The average Bonchev–Trinajstić information content (AvgIpc) is 2.38. The topological polar surface area (TPSA) is 32.3 Å². The molecule has 92 valence electrons. The van der Waals surface area contributed by atoms with Crippen LogP contribution in [0.4, 0.5) is 4.79 Å². The largest absolute Gasteiger partial charge is 0.336 e. The number of hydrogen-bond acceptors (Lipinski definition) is 1. The SMILES string of the molecule is CC[C@@H](C)NC(=O)N1CCc2ccccc2C1. The number of nitrogens with zero attached hydrogens (tertiary/aromatic N) is 1. The van der Waals surface area contributed by atoms with Crippen LogP contribution in [-0.2, 0) is 13.0 Å². The number of fused-ring (bicyclic) bond motifs is 1. The monoisotopic (exact) mass is 232 g/mol. The molecule has 1 N–H and O–H groups in total. The minimum atomic E-state index is 0.0638. The van der Waals surface area contributed by atoms with Gasteiger partial charge in [-0.25, -0.2) is 4.79 Å². The summed E-state index contributed by atoms with van der Waals surface area (Å²) < 4.78 is 0. The van der Waals surface area contributed by atoms with Crippen molar-refractivity contribution in [3.8, 4) is 0 Å². The molecule has 0 spiro atoms. The first kappa shape index (κ1) is 12.0. The number of carbonyl (C=O) groups excluding carboxylic acids is 1. The summed E-state index contributed by atoms with van der Waals surface area (Å²) in [6.45, 7) is 5.67. The number of urea groups is 1. The van der Waals surface area contributed by atoms with Gasteiger partial charge >= 0.3 is 6.03 Å². The third-order valence-electron chi connectivity index (χ3n) is 3.40. The Bertz CT molecular complexity index is 403. The molecule has 0 fully saturated rings. The zero-order chi connectivity index (χ0) is 12.3. The van der Waals surface area contributed by atoms with Crippen molar-refractivity contribution in [3.63, 3.8) is 0 Å². The summed E-state index contributed by atoms with van der Waals surface area (Å²) in [4.78, 5) is 13.9. The lowest BCUT2D eigenvalue weighted by Crippen LogP contribution is -2.45. The summed E-state index contributed by atoms with van der Waals surface area (Å²) in [7, 11) is 0. The van der Waals surface area contributed by atoms with Gasteiger partial charge in [-0.1, -0.05) is 31.2 Å². The fourth-order valence-electron chi connectivity index (χ4n) is 2.07. The molecule has 1 aromatic rings. The first-order valence-electron chi connectivity index (χ1n) is 6.33. The molecule has 0 saturated heterocycles. The van der Waals surface area contributed by atoms with Crippen LogP contribution < -0.4 is 5.32 Å². The molecule has 0 aliphatic carbocycles. The third kappa shape index (κ3) is 2.78. The number of hydrogen-bond donors (Lipinski definition) is 1. The van der Waals surface area contributed by atoms with Gasteiger partial charge in [0.05, 0.1) is 0 Å². The lowest BCUT2D eigenvalue weighted by atomic mass is 10.0. The summed E-state index contributed by atoms with van der Waals surface area (Å²) in [6, 6.07) is 8.67. The fourth-order valence-corrected chi connectivity index (χ4v) is 2.07. The summed E-state index contributed by atoms with van der Waals surface area (Å²) in [5, 5.41) is 3.02. The van der Waals surface area contributed by atoms with E-state index in [2.05, 4.69) is 30.4 Å². The first-order valence-corrected chi connectivity index (χ1v) is 6.33. The third-order valence-corrected chi connectivity index (χ3v) is 3.40. The van der Waals surface area contributed by atoms with Crippen molar-refractivity contribution >= 4 is 6.03 Å². The zero-order valence-corrected chi connectivity index (χ0v) is 10.6. The predicted octanol–water partition coefficient (Wildman–Crippen LogP) is 2.55. The normalized spacial score (nSPS) is 16.2. The molecule has 2 amide bonds. The van der Waals surface area contributed by atoms with Crippen LogP contribution in [0.25, 0.3) is 0 Å². The quantitative estimate of drug-likeness (QED) is 0.835. The number of carbonyl (C=O) groups is 1. The average molecular weight is 232 g/mol. The van der Waals surface area contributed by atoms with Crippen molar-refractivity contribution in [2.45, 2.75) is 39.3 Å². The van der Waals surface area contributed by atoms with Gasteiger partial charge in [-0.3, -0.25) is 0 Å². The molecule has 0 radical (unpaired) electrons. The fraction of sp³-hybridized carbons (Fsp3) is 0.500. The Morgan fingerprint density at radius 2 is 2.12 bits per heavy atom. The molecule has 0 unspecified atom stereocenters. The molecule has 3 heteroatoms. The Kier molecular flexibility index (Phi) is 3.67. The van der Waals surface area contributed by atoms with Gasteiger partial charge in [0.2, 0.25) is 0 Å². The van der Waals surface area contributed by atoms with Gasteiger partial charge in [-0.05, 0) is 30.9 Å². The van der Waals surface area contributed by atoms with Crippen molar-refractivity contribution in [1.29, 1.82) is 0 Å². The van der Waals surface area contributed by atoms with E-state index in [4.69, 9.17) is 0 Å². The summed E-state index contributed by atoms with van der Waals surface area (Å²) in [5.41, 5.74) is 2.65. The van der Waals surface area contributed by atoms with Gasteiger partial charge in [0, 0.05) is 19.1 Å². The van der Waals surface area contributed by atoms with Gasteiger partial charge in [-0.15, -0.1) is 0 Å². The lowest BCUT2D eigenvalue weighted by molar-refractivity contribution is 0.189. The summed E-state index contributed by atoms with van der Waals surface area (Å²) in [5.74, 6) is 0. The van der Waals surface area contributed by atoms with E-state index in [9.17, 15) is 4.79 Å². The number of benzene rings is 1. The van der Waals surface area contributed by atoms with Crippen molar-refractivity contribution in [1.82, 2.24) is 10.2 Å². The molecular weight excluding hydrogens is 212 g/mol. The van der Waals surface area contributed by atoms with E-state index in [0.29, 0.717) is 0 Å². The molecule has 1 aromatic carbocycles. The predicted molar refractivity (Wildman–Crippen MR) is 68.8 cm³/mol. The molecule has 3 nitrogen and oxygen atoms in total. The molecule has 1 aliphatic rings. The molecular formula is C14H20N2O. The highest BCUT2D eigenvalue weighted by Gasteiger charge is 2.20. The lowest BCUT2D eigenvalue weighted by Gasteiger charge is -2.30. The molecule has 0 bridgehead atoms. The Hall–Kier alpha value is -1.51. The van der Waals surface area contributed by atoms with Crippen LogP contribution in [0.5, 0.6) is 0 Å². The number of amides is 2. The molecule has 0 saturated carbocycles. The van der Waals surface area contributed by atoms with Gasteiger partial charge in [0.25, 0.3) is 0 Å². The van der Waals surface area contributed by atoms with Crippen molar-refractivity contribution in [2.24, 2.45) is 0 Å². The van der Waals surface area contributed by atoms with Crippen molar-refractivity contribution in [2.75, 3.05) is 6.54 Å². The van der Waals surface area contributed by atoms with Gasteiger partial charge in [0.1, 0.15) is 0 Å². The van der Waals surface area contributed by atoms with Crippen LogP contribution in [0.1, 0.15) is 31.4 Å². The molecule has 1 heterocycles. The summed E-state index contributed by atoms with van der Waals surface area (Å²) >= 11 is 0. The van der Waals surface area contributed by atoms with E-state index in [1.807, 2.05) is 17.9 Å². The van der Waals surface area contributed by atoms with E-state index in [-0.39, 0.29) is 12.1 Å². The maximum atomic E-state index is 12.0. The Balaban J connectivity index is 2.00. The minimum absolute atomic E-state index is 0.0638. The van der Waals surface area contributed by atoms with Crippen LogP contribution in [0.2, 0.25) is 0 Å². The van der Waals surface area contributed by atoms with E-state index < -0.39 is 0 Å². The van der Waals surface area contributed by atoms with E-state index in [1.54, 1.807) is 0 Å². The molecule has 2 rings (SSSR count). The first-order chi connectivity index (χ1) is 8.20. The Labute approximate surface area is 103 Å². The number of rotatable bonds is 2. The van der Waals surface area contributed by atoms with Gasteiger partial charge in [-0.2, -0.15) is 0 Å². The Morgan fingerprint density at radius 1 is 1.41 bits per heavy atom. The molecule has 0 aromatic heterocycles. The second kappa shape index (κ2) is 5.21. The highest BCUT2D eigenvalue weighted by atomic mass is 16.2. The van der Waals surface area contributed by atoms with Gasteiger partial charge in [0.15, 0.2) is 0 Å². The van der Waals surface area contributed by atoms with E-state index in [0.717, 1.165) is 25.9 Å². The zero-order valence-electron chi connectivity index (χ0n) is 10.6. The number of nitrogens with one attached hydrogen (secondary N) is 1. The van der Waals surface area contributed by atoms with Crippen molar-refractivity contribution < 1.29 is 4.79 Å². The Morgan fingerprint density at radius 3 is 2.82 bits per heavy atom. The van der Waals surface area contributed by atoms with Crippen LogP contribution in [0.3, 0.4) is 0 Å². The smallest absolute Gasteiger partial charge is 0.317 e. The highest BCUT2D eigenvalue weighted by Crippen LogP contribution is 2.18. The summed E-state index contributed by atoms with van der Waals surface area (Å²) in [6.07, 6.45) is 1.93. The standard InChI is InChI=1S/C14H20N2O/c1-3-11(2)15-14(17)16-9-8-12-6-4-5-7-13(12)10-16/h4-7,11H,3,8-10H2,1-2H3,(H,15,17)/t11-/m1/s1. The highest BCUT2D eigenvalue weighted by molar-refractivity contribution is 5.74. The molecule has 1 aliphatic heterocycles. The van der Waals surface area contributed by atoms with E-state index >= 15 is 0 Å². The second-order valence-corrected chi connectivity index (χ2v) is 4.70. The van der Waals surface area contributed by atoms with Crippen LogP contribution in [0, 0.1) is 0 Å². The molecule has 1 atom stereocenters. The van der Waals surface area contributed by atoms with Crippen LogP contribution >= 0.6 is 0 Å². The minimum Gasteiger partial charge on any atom is -0.336 e. The van der Waals surface area contributed by atoms with Gasteiger partial charge < -0.3 is 10.2 Å². The van der Waals surface area contributed by atoms with Crippen LogP contribution in [-0.4, -0.2) is 23.5 Å². The van der Waals surface area contributed by atoms with E-state index in [1.165, 1.54) is 11.1 Å². The molecule has 17 heavy (non-hydrogen) atoms.